The van der Waals surface area contributed by atoms with Gasteiger partial charge < -0.3 is 9.84 Å². The first kappa shape index (κ1) is 18.1. The van der Waals surface area contributed by atoms with Gasteiger partial charge in [-0.05, 0) is 37.3 Å². The van der Waals surface area contributed by atoms with Crippen LogP contribution in [0, 0.1) is 6.92 Å². The van der Waals surface area contributed by atoms with Gasteiger partial charge in [-0.15, -0.1) is 0 Å². The first-order valence-corrected chi connectivity index (χ1v) is 9.42. The monoisotopic (exact) mass is 391 g/mol. The van der Waals surface area contributed by atoms with Crippen molar-refractivity contribution in [3.8, 4) is 11.3 Å². The maximum Gasteiger partial charge on any atom is 0.337 e. The zero-order valence-corrected chi connectivity index (χ0v) is 16.1. The maximum atomic E-state index is 12.2. The third-order valence-corrected chi connectivity index (χ3v) is 5.43. The summed E-state index contributed by atoms with van der Waals surface area (Å²) in [5, 5.41) is 6.42. The van der Waals surface area contributed by atoms with Gasteiger partial charge in [-0.25, -0.2) is 9.78 Å². The van der Waals surface area contributed by atoms with E-state index in [0.29, 0.717) is 16.8 Å². The van der Waals surface area contributed by atoms with Crippen LogP contribution in [0.4, 0.5) is 0 Å². The first-order chi connectivity index (χ1) is 13.6. The van der Waals surface area contributed by atoms with E-state index in [2.05, 4.69) is 15.2 Å². The number of aryl methyl sites for hydroxylation is 1. The summed E-state index contributed by atoms with van der Waals surface area (Å²) < 4.78 is 4.81. The second kappa shape index (κ2) is 7.36. The Bertz CT molecular complexity index is 1240. The minimum Gasteiger partial charge on any atom is -0.465 e. The minimum absolute atomic E-state index is 0.205. The summed E-state index contributed by atoms with van der Waals surface area (Å²) in [5.74, 6) is -0.378. The number of ether oxygens (including phenoxy) is 1. The number of fused-ring (bicyclic) bond motifs is 1. The molecule has 0 saturated heterocycles. The number of nitrogens with zero attached hydrogens (tertiary/aromatic N) is 1. The van der Waals surface area contributed by atoms with Gasteiger partial charge in [-0.2, -0.15) is 0 Å². The fraction of sp³-hybridized carbons (Fsp3) is 0.0952. The molecule has 0 radical (unpaired) electrons. The Morgan fingerprint density at radius 3 is 2.64 bits per heavy atom. The number of methoxy groups -OCH3 is 1. The number of nitrogens with one attached hydrogen (secondary N) is 2. The molecular formula is C21H17N3O3S. The second-order valence-corrected chi connectivity index (χ2v) is 7.34. The molecule has 0 aliphatic rings. The summed E-state index contributed by atoms with van der Waals surface area (Å²) in [6.45, 7) is 1.83. The van der Waals surface area contributed by atoms with Crippen LogP contribution in [0.25, 0.3) is 22.2 Å². The van der Waals surface area contributed by atoms with Gasteiger partial charge in [-0.1, -0.05) is 36.0 Å². The summed E-state index contributed by atoms with van der Waals surface area (Å²) in [7, 11) is 1.36. The van der Waals surface area contributed by atoms with Crippen LogP contribution in [0.5, 0.6) is 0 Å². The van der Waals surface area contributed by atoms with E-state index in [-0.39, 0.29) is 11.5 Å². The van der Waals surface area contributed by atoms with Crippen molar-refractivity contribution >= 4 is 28.6 Å². The Balaban J connectivity index is 1.85. The Labute approximate surface area is 164 Å². The third-order valence-electron chi connectivity index (χ3n) is 4.38. The van der Waals surface area contributed by atoms with Gasteiger partial charge >= 0.3 is 5.97 Å². The van der Waals surface area contributed by atoms with E-state index in [4.69, 9.17) is 4.74 Å². The minimum atomic E-state index is -0.378. The van der Waals surface area contributed by atoms with Gasteiger partial charge in [0.05, 0.1) is 29.4 Å². The summed E-state index contributed by atoms with van der Waals surface area (Å²) in [4.78, 5) is 30.6. The Hall–Kier alpha value is -3.32. The Kier molecular flexibility index (Phi) is 4.75. The van der Waals surface area contributed by atoms with Crippen molar-refractivity contribution in [2.24, 2.45) is 0 Å². The molecule has 28 heavy (non-hydrogen) atoms. The molecule has 2 aromatic heterocycles. The number of rotatable bonds is 4. The molecule has 0 amide bonds. The number of para-hydroxylation sites is 1. The fourth-order valence-electron chi connectivity index (χ4n) is 3.04. The molecule has 0 bridgehead atoms. The van der Waals surface area contributed by atoms with Gasteiger partial charge in [0.1, 0.15) is 0 Å². The van der Waals surface area contributed by atoms with Gasteiger partial charge in [0, 0.05) is 20.9 Å². The molecule has 4 rings (SSSR count). The summed E-state index contributed by atoms with van der Waals surface area (Å²) in [6.07, 6.45) is 0. The Morgan fingerprint density at radius 1 is 1.07 bits per heavy atom. The van der Waals surface area contributed by atoms with Crippen LogP contribution in [-0.2, 0) is 4.74 Å². The predicted molar refractivity (Wildman–Crippen MR) is 109 cm³/mol. The van der Waals surface area contributed by atoms with Crippen molar-refractivity contribution in [1.29, 1.82) is 0 Å². The lowest BCUT2D eigenvalue weighted by Gasteiger charge is -2.10. The van der Waals surface area contributed by atoms with E-state index in [1.165, 1.54) is 18.9 Å². The standard InChI is InChI=1S/C21H17N3O3S/c1-12-19(20(25)24-23-12)17-11-18(15-8-3-4-9-16(15)22-17)28-14-7-5-6-13(10-14)21(26)27-2/h3-11H,1-2H3,(H2,23,24,25). The number of pyridine rings is 1. The van der Waals surface area contributed by atoms with Crippen LogP contribution in [0.2, 0.25) is 0 Å². The highest BCUT2D eigenvalue weighted by atomic mass is 32.2. The highest BCUT2D eigenvalue weighted by Gasteiger charge is 2.15. The summed E-state index contributed by atoms with van der Waals surface area (Å²) >= 11 is 1.51. The van der Waals surface area contributed by atoms with Crippen LogP contribution in [-0.4, -0.2) is 28.3 Å². The molecule has 2 heterocycles. The molecule has 4 aromatic rings. The lowest BCUT2D eigenvalue weighted by Crippen LogP contribution is -2.03. The molecule has 6 nitrogen and oxygen atoms in total. The summed E-state index contributed by atoms with van der Waals surface area (Å²) in [6, 6.07) is 16.9. The number of aromatic amines is 2. The van der Waals surface area contributed by atoms with Gasteiger partial charge in [-0.3, -0.25) is 9.89 Å². The largest absolute Gasteiger partial charge is 0.465 e. The number of benzene rings is 2. The highest BCUT2D eigenvalue weighted by molar-refractivity contribution is 7.99. The van der Waals surface area contributed by atoms with Gasteiger partial charge in [0.15, 0.2) is 0 Å². The molecule has 0 aliphatic heterocycles. The number of aromatic nitrogens is 3. The molecule has 2 N–H and O–H groups in total. The molecule has 0 atom stereocenters. The van der Waals surface area contributed by atoms with E-state index in [1.807, 2.05) is 49.4 Å². The normalized spacial score (nSPS) is 10.9. The van der Waals surface area contributed by atoms with Crippen LogP contribution >= 0.6 is 11.8 Å². The molecule has 0 aliphatic carbocycles. The average molecular weight is 391 g/mol. The molecule has 7 heteroatoms. The lowest BCUT2D eigenvalue weighted by molar-refractivity contribution is 0.0600. The molecule has 0 fully saturated rings. The molecular weight excluding hydrogens is 374 g/mol. The average Bonchev–Trinajstić information content (AvgIpc) is 3.05. The van der Waals surface area contributed by atoms with Crippen molar-refractivity contribution < 1.29 is 9.53 Å². The number of carbonyl (C=O) groups excluding carboxylic acids is 1. The quantitative estimate of drug-likeness (QED) is 0.510. The first-order valence-electron chi connectivity index (χ1n) is 8.60. The van der Waals surface area contributed by atoms with Crippen molar-refractivity contribution in [3.05, 3.63) is 76.2 Å². The van der Waals surface area contributed by atoms with Crippen molar-refractivity contribution in [3.63, 3.8) is 0 Å². The van der Waals surface area contributed by atoms with E-state index in [0.717, 1.165) is 26.4 Å². The van der Waals surface area contributed by atoms with E-state index in [9.17, 15) is 9.59 Å². The van der Waals surface area contributed by atoms with Crippen molar-refractivity contribution in [2.75, 3.05) is 7.11 Å². The molecule has 140 valence electrons. The van der Waals surface area contributed by atoms with E-state index < -0.39 is 0 Å². The molecule has 2 aromatic carbocycles. The number of esters is 1. The van der Waals surface area contributed by atoms with Crippen molar-refractivity contribution in [1.82, 2.24) is 15.2 Å². The SMILES string of the molecule is COC(=O)c1cccc(Sc2cc(-c3c(C)[nH][nH]c3=O)nc3ccccc23)c1. The third kappa shape index (κ3) is 3.32. The smallest absolute Gasteiger partial charge is 0.337 e. The molecule has 0 saturated carbocycles. The van der Waals surface area contributed by atoms with E-state index >= 15 is 0 Å². The zero-order chi connectivity index (χ0) is 19.7. The van der Waals surface area contributed by atoms with Crippen LogP contribution in [0.1, 0.15) is 16.1 Å². The number of hydrogen-bond donors (Lipinski definition) is 2. The topological polar surface area (TPSA) is 87.8 Å². The lowest BCUT2D eigenvalue weighted by atomic mass is 10.1. The molecule has 0 spiro atoms. The van der Waals surface area contributed by atoms with Crippen molar-refractivity contribution in [2.45, 2.75) is 16.7 Å². The highest BCUT2D eigenvalue weighted by Crippen LogP contribution is 2.36. The Morgan fingerprint density at radius 2 is 1.89 bits per heavy atom. The summed E-state index contributed by atoms with van der Waals surface area (Å²) in [5.41, 5.74) is 2.94. The van der Waals surface area contributed by atoms with Crippen LogP contribution < -0.4 is 5.56 Å². The fourth-order valence-corrected chi connectivity index (χ4v) is 4.08. The molecule has 0 unspecified atom stereocenters. The second-order valence-electron chi connectivity index (χ2n) is 6.22. The number of carbonyl (C=O) groups is 1. The predicted octanol–water partition coefficient (Wildman–Crippen LogP) is 4.16. The van der Waals surface area contributed by atoms with Crippen LogP contribution in [0.3, 0.4) is 0 Å². The van der Waals surface area contributed by atoms with Gasteiger partial charge in [0.25, 0.3) is 5.56 Å². The van der Waals surface area contributed by atoms with Crippen LogP contribution in [0.15, 0.2) is 69.2 Å². The zero-order valence-electron chi connectivity index (χ0n) is 15.3. The number of H-pyrrole nitrogens is 2. The van der Waals surface area contributed by atoms with Gasteiger partial charge in [0.2, 0.25) is 0 Å². The number of hydrogen-bond acceptors (Lipinski definition) is 5. The van der Waals surface area contributed by atoms with E-state index in [1.54, 1.807) is 12.1 Å². The maximum absolute atomic E-state index is 12.2.